The van der Waals surface area contributed by atoms with Crippen LogP contribution in [0.5, 0.6) is 0 Å². The smallest absolute Gasteiger partial charge is 0.123 e. The molecule has 2 bridgehead atoms. The monoisotopic (exact) mass is 186 g/mol. The molecular weight excluding hydrogens is 168 g/mol. The molecular formula is C10H18O3. The summed E-state index contributed by atoms with van der Waals surface area (Å²) in [5, 5.41) is 10.0. The average Bonchev–Trinajstić information content (AvgIpc) is 2.56. The Balaban J connectivity index is 2.23. The number of aliphatic hydroxyl groups is 1. The number of aliphatic hydroxyl groups excluding tert-OH is 1. The van der Waals surface area contributed by atoms with Gasteiger partial charge in [-0.15, -0.1) is 0 Å². The van der Waals surface area contributed by atoms with Gasteiger partial charge in [-0.05, 0) is 12.8 Å². The molecule has 0 aromatic heterocycles. The van der Waals surface area contributed by atoms with Crippen LogP contribution in [0.15, 0.2) is 0 Å². The van der Waals surface area contributed by atoms with Crippen molar-refractivity contribution in [1.82, 2.24) is 0 Å². The summed E-state index contributed by atoms with van der Waals surface area (Å²) in [4.78, 5) is 0. The predicted octanol–water partition coefficient (Wildman–Crippen LogP) is 0.950. The lowest BCUT2D eigenvalue weighted by Crippen LogP contribution is -2.46. The van der Waals surface area contributed by atoms with Gasteiger partial charge in [0.1, 0.15) is 17.8 Å². The van der Waals surface area contributed by atoms with Crippen LogP contribution in [0.3, 0.4) is 0 Å². The molecule has 2 saturated heterocycles. The minimum atomic E-state index is -0.433. The zero-order valence-corrected chi connectivity index (χ0v) is 8.49. The topological polar surface area (TPSA) is 38.7 Å². The standard InChI is InChI=1S/C10H18O3/c1-4-6(2)10-5-12-8(9(10)11)7(3)13-10/h6-9,11H,4-5H2,1-3H3/t6-,7-,8-,9-,10+/m0/s1. The van der Waals surface area contributed by atoms with Gasteiger partial charge >= 0.3 is 0 Å². The first kappa shape index (κ1) is 9.44. The molecule has 76 valence electrons. The van der Waals surface area contributed by atoms with Crippen molar-refractivity contribution in [2.24, 2.45) is 5.92 Å². The maximum absolute atomic E-state index is 10.0. The zero-order chi connectivity index (χ0) is 9.64. The highest BCUT2D eigenvalue weighted by molar-refractivity contribution is 5.08. The van der Waals surface area contributed by atoms with E-state index in [0.717, 1.165) is 6.42 Å². The van der Waals surface area contributed by atoms with Crippen LogP contribution in [0.1, 0.15) is 27.2 Å². The summed E-state index contributed by atoms with van der Waals surface area (Å²) in [6, 6.07) is 0. The quantitative estimate of drug-likeness (QED) is 0.698. The molecule has 0 unspecified atom stereocenters. The van der Waals surface area contributed by atoms with E-state index in [1.807, 2.05) is 6.92 Å². The van der Waals surface area contributed by atoms with Gasteiger partial charge in [-0.1, -0.05) is 20.3 Å². The Bertz CT molecular complexity index is 206. The van der Waals surface area contributed by atoms with E-state index in [1.165, 1.54) is 0 Å². The molecule has 0 saturated carbocycles. The molecule has 5 atom stereocenters. The number of fused-ring (bicyclic) bond motifs is 2. The SMILES string of the molecule is CC[C@H](C)[C@@]12CO[C@@H]([C@H](C)O1)[C@@H]2O. The number of hydrogen-bond donors (Lipinski definition) is 1. The molecule has 0 aromatic rings. The Kier molecular flexibility index (Phi) is 2.13. The first-order valence-electron chi connectivity index (χ1n) is 5.09. The van der Waals surface area contributed by atoms with Crippen LogP contribution >= 0.6 is 0 Å². The minimum absolute atomic E-state index is 0.0396. The molecule has 3 heteroatoms. The van der Waals surface area contributed by atoms with Gasteiger partial charge < -0.3 is 14.6 Å². The van der Waals surface area contributed by atoms with Crippen LogP contribution < -0.4 is 0 Å². The summed E-state index contributed by atoms with van der Waals surface area (Å²) in [6.45, 7) is 6.76. The van der Waals surface area contributed by atoms with E-state index in [4.69, 9.17) is 9.47 Å². The van der Waals surface area contributed by atoms with Crippen LogP contribution in [0.4, 0.5) is 0 Å². The lowest BCUT2D eigenvalue weighted by atomic mass is 9.84. The lowest BCUT2D eigenvalue weighted by molar-refractivity contribution is -0.160. The van der Waals surface area contributed by atoms with Crippen molar-refractivity contribution in [2.75, 3.05) is 6.61 Å². The molecule has 0 spiro atoms. The van der Waals surface area contributed by atoms with Crippen LogP contribution in [0.2, 0.25) is 0 Å². The summed E-state index contributed by atoms with van der Waals surface area (Å²) < 4.78 is 11.4. The molecule has 13 heavy (non-hydrogen) atoms. The second-order valence-electron chi connectivity index (χ2n) is 4.31. The van der Waals surface area contributed by atoms with Crippen molar-refractivity contribution in [3.8, 4) is 0 Å². The fraction of sp³-hybridized carbons (Fsp3) is 1.00. The Hall–Kier alpha value is -0.120. The molecule has 1 N–H and O–H groups in total. The van der Waals surface area contributed by atoms with Crippen LogP contribution in [-0.4, -0.2) is 35.6 Å². The minimum Gasteiger partial charge on any atom is -0.387 e. The third-order valence-electron chi connectivity index (χ3n) is 3.63. The summed E-state index contributed by atoms with van der Waals surface area (Å²) in [6.07, 6.45) is 0.518. The Morgan fingerprint density at radius 1 is 1.62 bits per heavy atom. The van der Waals surface area contributed by atoms with E-state index in [9.17, 15) is 5.11 Å². The van der Waals surface area contributed by atoms with Gasteiger partial charge in [0, 0.05) is 0 Å². The van der Waals surface area contributed by atoms with Gasteiger partial charge in [0.25, 0.3) is 0 Å². The van der Waals surface area contributed by atoms with E-state index >= 15 is 0 Å². The first-order valence-corrected chi connectivity index (χ1v) is 5.09. The number of hydrogen-bond acceptors (Lipinski definition) is 3. The lowest BCUT2D eigenvalue weighted by Gasteiger charge is -2.34. The van der Waals surface area contributed by atoms with E-state index in [1.54, 1.807) is 0 Å². The number of ether oxygens (including phenoxy) is 2. The van der Waals surface area contributed by atoms with Gasteiger partial charge in [-0.25, -0.2) is 0 Å². The highest BCUT2D eigenvalue weighted by atomic mass is 16.6. The molecule has 2 heterocycles. The van der Waals surface area contributed by atoms with Crippen LogP contribution in [-0.2, 0) is 9.47 Å². The summed E-state index contributed by atoms with van der Waals surface area (Å²) in [5.74, 6) is 0.359. The molecule has 0 amide bonds. The predicted molar refractivity (Wildman–Crippen MR) is 48.5 cm³/mol. The second-order valence-corrected chi connectivity index (χ2v) is 4.31. The molecule has 3 nitrogen and oxygen atoms in total. The van der Waals surface area contributed by atoms with Crippen molar-refractivity contribution in [3.05, 3.63) is 0 Å². The first-order chi connectivity index (χ1) is 6.12. The van der Waals surface area contributed by atoms with Crippen LogP contribution in [0, 0.1) is 5.92 Å². The third-order valence-corrected chi connectivity index (χ3v) is 3.63. The normalized spacial score (nSPS) is 51.2. The van der Waals surface area contributed by atoms with Crippen LogP contribution in [0.25, 0.3) is 0 Å². The van der Waals surface area contributed by atoms with Gasteiger partial charge in [0.15, 0.2) is 0 Å². The molecule has 0 aromatic carbocycles. The number of rotatable bonds is 2. The van der Waals surface area contributed by atoms with Crippen molar-refractivity contribution >= 4 is 0 Å². The Labute approximate surface area is 79.0 Å². The third kappa shape index (κ3) is 1.07. The second kappa shape index (κ2) is 2.94. The molecule has 2 fully saturated rings. The van der Waals surface area contributed by atoms with Gasteiger partial charge in [0.05, 0.1) is 12.7 Å². The molecule has 2 aliphatic heterocycles. The highest BCUT2D eigenvalue weighted by Crippen LogP contribution is 2.45. The molecule has 0 aliphatic carbocycles. The van der Waals surface area contributed by atoms with E-state index in [-0.39, 0.29) is 12.2 Å². The highest BCUT2D eigenvalue weighted by Gasteiger charge is 2.61. The van der Waals surface area contributed by atoms with Crippen molar-refractivity contribution in [1.29, 1.82) is 0 Å². The molecule has 2 rings (SSSR count). The van der Waals surface area contributed by atoms with Crippen molar-refractivity contribution in [3.63, 3.8) is 0 Å². The van der Waals surface area contributed by atoms with Gasteiger partial charge in [-0.2, -0.15) is 0 Å². The zero-order valence-electron chi connectivity index (χ0n) is 8.49. The molecule has 2 aliphatic rings. The van der Waals surface area contributed by atoms with Crippen molar-refractivity contribution < 1.29 is 14.6 Å². The molecule has 0 radical (unpaired) electrons. The fourth-order valence-corrected chi connectivity index (χ4v) is 2.49. The maximum atomic E-state index is 10.0. The van der Waals surface area contributed by atoms with E-state index < -0.39 is 11.7 Å². The summed E-state index contributed by atoms with van der Waals surface area (Å²) in [5.41, 5.74) is -0.418. The fourth-order valence-electron chi connectivity index (χ4n) is 2.49. The van der Waals surface area contributed by atoms with Gasteiger partial charge in [0.2, 0.25) is 0 Å². The Morgan fingerprint density at radius 3 is 2.69 bits per heavy atom. The maximum Gasteiger partial charge on any atom is 0.123 e. The summed E-state index contributed by atoms with van der Waals surface area (Å²) >= 11 is 0. The van der Waals surface area contributed by atoms with E-state index in [0.29, 0.717) is 12.5 Å². The van der Waals surface area contributed by atoms with Gasteiger partial charge in [-0.3, -0.25) is 0 Å². The average molecular weight is 186 g/mol. The van der Waals surface area contributed by atoms with E-state index in [2.05, 4.69) is 13.8 Å². The largest absolute Gasteiger partial charge is 0.387 e. The Morgan fingerprint density at radius 2 is 2.31 bits per heavy atom. The van der Waals surface area contributed by atoms with Crippen molar-refractivity contribution in [2.45, 2.75) is 51.1 Å². The summed E-state index contributed by atoms with van der Waals surface area (Å²) in [7, 11) is 0.